The van der Waals surface area contributed by atoms with Crippen LogP contribution in [0.3, 0.4) is 0 Å². The second-order valence-electron chi connectivity index (χ2n) is 8.44. The summed E-state index contributed by atoms with van der Waals surface area (Å²) in [4.78, 5) is 41.1. The molecule has 2 aliphatic carbocycles. The number of piperazine rings is 1. The van der Waals surface area contributed by atoms with Crippen LogP contribution in [-0.4, -0.2) is 58.2 Å². The van der Waals surface area contributed by atoms with Crippen molar-refractivity contribution in [3.05, 3.63) is 32.1 Å². The molecule has 0 atom stereocenters. The summed E-state index contributed by atoms with van der Waals surface area (Å²) >= 11 is 0. The van der Waals surface area contributed by atoms with E-state index in [1.54, 1.807) is 4.57 Å². The van der Waals surface area contributed by atoms with Gasteiger partial charge in [-0.1, -0.05) is 19.3 Å². The van der Waals surface area contributed by atoms with Crippen molar-refractivity contribution in [2.75, 3.05) is 33.2 Å². The first-order valence-corrected chi connectivity index (χ1v) is 10.6. The van der Waals surface area contributed by atoms with E-state index >= 15 is 0 Å². The second kappa shape index (κ2) is 8.21. The van der Waals surface area contributed by atoms with Crippen molar-refractivity contribution in [2.24, 2.45) is 0 Å². The van der Waals surface area contributed by atoms with Crippen molar-refractivity contribution in [1.29, 1.82) is 0 Å². The minimum Gasteiger partial charge on any atom is -0.304 e. The molecule has 8 nitrogen and oxygen atoms in total. The highest BCUT2D eigenvalue weighted by Crippen LogP contribution is 2.27. The Bertz CT molecular complexity index is 845. The fourth-order valence-corrected chi connectivity index (χ4v) is 4.83. The van der Waals surface area contributed by atoms with E-state index in [2.05, 4.69) is 17.4 Å². The third-order valence-electron chi connectivity index (χ3n) is 6.46. The van der Waals surface area contributed by atoms with Crippen LogP contribution in [0.5, 0.6) is 0 Å². The molecule has 154 valence electrons. The largest absolute Gasteiger partial charge is 0.331 e. The van der Waals surface area contributed by atoms with Crippen LogP contribution in [0.2, 0.25) is 0 Å². The topological polar surface area (TPSA) is 79.6 Å². The van der Waals surface area contributed by atoms with Crippen LogP contribution in [0.15, 0.2) is 9.59 Å². The van der Waals surface area contributed by atoms with Gasteiger partial charge < -0.3 is 4.90 Å². The van der Waals surface area contributed by atoms with Gasteiger partial charge >= 0.3 is 5.69 Å². The van der Waals surface area contributed by atoms with Gasteiger partial charge in [0, 0.05) is 43.5 Å². The number of likely N-dealkylation sites (N-methyl/N-ethyl adjacent to an activating group) is 1. The summed E-state index contributed by atoms with van der Waals surface area (Å²) in [5, 5.41) is 1.92. The van der Waals surface area contributed by atoms with Crippen LogP contribution in [0, 0.1) is 0 Å². The summed E-state index contributed by atoms with van der Waals surface area (Å²) in [5.74, 6) is -0.186. The minimum absolute atomic E-state index is 0.0134. The zero-order valence-corrected chi connectivity index (χ0v) is 16.8. The predicted octanol–water partition coefficient (Wildman–Crippen LogP) is 0.283. The fraction of sp³-hybridized carbons (Fsp3) is 0.750. The lowest BCUT2D eigenvalue weighted by atomic mass is 9.95. The van der Waals surface area contributed by atoms with Crippen LogP contribution < -0.4 is 16.7 Å². The number of aromatic nitrogens is 2. The SMILES string of the molecule is CN1CCN(NC(=O)Cn2c3c(c(=O)n(C4CCCCC4)c2=O)CCC3)CC1. The van der Waals surface area contributed by atoms with Gasteiger partial charge in [-0.2, -0.15) is 0 Å². The minimum atomic E-state index is -0.300. The molecule has 2 fully saturated rings. The van der Waals surface area contributed by atoms with Gasteiger partial charge in [0.15, 0.2) is 0 Å². The van der Waals surface area contributed by atoms with Gasteiger partial charge in [0.05, 0.1) is 0 Å². The molecule has 1 aliphatic heterocycles. The molecule has 1 aromatic heterocycles. The Hall–Kier alpha value is -1.93. The number of rotatable bonds is 4. The molecule has 0 unspecified atom stereocenters. The molecule has 0 radical (unpaired) electrons. The first-order valence-electron chi connectivity index (χ1n) is 10.6. The number of hydrogen-bond acceptors (Lipinski definition) is 5. The maximum atomic E-state index is 13.2. The van der Waals surface area contributed by atoms with E-state index in [0.29, 0.717) is 12.8 Å². The molecule has 1 aromatic rings. The molecule has 1 N–H and O–H groups in total. The smallest absolute Gasteiger partial charge is 0.304 e. The van der Waals surface area contributed by atoms with Crippen LogP contribution in [0.25, 0.3) is 0 Å². The standard InChI is InChI=1S/C20H31N5O3/c1-22-10-12-23(13-11-22)21-18(26)14-24-17-9-5-8-16(17)19(27)25(20(24)28)15-6-3-2-4-7-15/h15H,2-14H2,1H3,(H,21,26). The third kappa shape index (κ3) is 3.80. The van der Waals surface area contributed by atoms with Crippen LogP contribution in [0.4, 0.5) is 0 Å². The van der Waals surface area contributed by atoms with Crippen molar-refractivity contribution in [2.45, 2.75) is 64.0 Å². The van der Waals surface area contributed by atoms with E-state index in [1.165, 1.54) is 4.57 Å². The number of nitrogens with zero attached hydrogens (tertiary/aromatic N) is 4. The highest BCUT2D eigenvalue weighted by molar-refractivity contribution is 5.75. The number of hydrazine groups is 1. The zero-order chi connectivity index (χ0) is 19.7. The molecule has 4 rings (SSSR count). The zero-order valence-electron chi connectivity index (χ0n) is 16.8. The monoisotopic (exact) mass is 389 g/mol. The Morgan fingerprint density at radius 1 is 1.00 bits per heavy atom. The van der Waals surface area contributed by atoms with Crippen LogP contribution in [0.1, 0.15) is 55.8 Å². The number of amides is 1. The molecule has 2 heterocycles. The maximum Gasteiger partial charge on any atom is 0.331 e. The average molecular weight is 390 g/mol. The van der Waals surface area contributed by atoms with Crippen molar-refractivity contribution < 1.29 is 4.79 Å². The van der Waals surface area contributed by atoms with Crippen LogP contribution >= 0.6 is 0 Å². The first kappa shape index (κ1) is 19.4. The number of hydrogen-bond donors (Lipinski definition) is 1. The fourth-order valence-electron chi connectivity index (χ4n) is 4.83. The quantitative estimate of drug-likeness (QED) is 0.800. The van der Waals surface area contributed by atoms with E-state index in [9.17, 15) is 14.4 Å². The van der Waals surface area contributed by atoms with Gasteiger partial charge in [0.2, 0.25) is 0 Å². The Morgan fingerprint density at radius 2 is 1.71 bits per heavy atom. The molecular weight excluding hydrogens is 358 g/mol. The highest BCUT2D eigenvalue weighted by Gasteiger charge is 2.28. The van der Waals surface area contributed by atoms with E-state index in [4.69, 9.17) is 0 Å². The van der Waals surface area contributed by atoms with Gasteiger partial charge in [0.1, 0.15) is 6.54 Å². The lowest BCUT2D eigenvalue weighted by molar-refractivity contribution is -0.127. The van der Waals surface area contributed by atoms with Crippen molar-refractivity contribution in [3.8, 4) is 0 Å². The Balaban J connectivity index is 1.59. The van der Waals surface area contributed by atoms with Crippen molar-refractivity contribution in [1.82, 2.24) is 24.5 Å². The molecule has 0 spiro atoms. The lowest BCUT2D eigenvalue weighted by Crippen LogP contribution is -2.54. The number of carbonyl (C=O) groups excluding carboxylic acids is 1. The average Bonchev–Trinajstić information content (AvgIpc) is 3.18. The number of carbonyl (C=O) groups is 1. The van der Waals surface area contributed by atoms with Crippen molar-refractivity contribution >= 4 is 5.91 Å². The van der Waals surface area contributed by atoms with Gasteiger partial charge in [0.25, 0.3) is 11.5 Å². The van der Waals surface area contributed by atoms with Crippen LogP contribution in [-0.2, 0) is 24.2 Å². The van der Waals surface area contributed by atoms with E-state index < -0.39 is 0 Å². The Kier molecular flexibility index (Phi) is 5.68. The Morgan fingerprint density at radius 3 is 2.43 bits per heavy atom. The summed E-state index contributed by atoms with van der Waals surface area (Å²) < 4.78 is 3.04. The molecular formula is C20H31N5O3. The van der Waals surface area contributed by atoms with E-state index in [0.717, 1.165) is 76.0 Å². The molecule has 1 saturated carbocycles. The molecule has 1 amide bonds. The first-order chi connectivity index (χ1) is 13.5. The molecule has 8 heteroatoms. The predicted molar refractivity (Wildman–Crippen MR) is 106 cm³/mol. The molecule has 28 heavy (non-hydrogen) atoms. The highest BCUT2D eigenvalue weighted by atomic mass is 16.2. The lowest BCUT2D eigenvalue weighted by Gasteiger charge is -2.32. The van der Waals surface area contributed by atoms with Gasteiger partial charge in [-0.15, -0.1) is 0 Å². The molecule has 1 saturated heterocycles. The summed E-state index contributed by atoms with van der Waals surface area (Å²) in [5.41, 5.74) is 4.05. The number of fused-ring (bicyclic) bond motifs is 1. The van der Waals surface area contributed by atoms with Gasteiger partial charge in [-0.05, 0) is 39.2 Å². The van der Waals surface area contributed by atoms with E-state index in [1.807, 2.05) is 5.01 Å². The normalized spacial score (nSPS) is 21.6. The van der Waals surface area contributed by atoms with Gasteiger partial charge in [-0.25, -0.2) is 9.80 Å². The van der Waals surface area contributed by atoms with E-state index in [-0.39, 0.29) is 29.7 Å². The van der Waals surface area contributed by atoms with Gasteiger partial charge in [-0.3, -0.25) is 24.1 Å². The summed E-state index contributed by atoms with van der Waals surface area (Å²) in [6.07, 6.45) is 7.31. The third-order valence-corrected chi connectivity index (χ3v) is 6.46. The Labute approximate surface area is 165 Å². The second-order valence-corrected chi connectivity index (χ2v) is 8.44. The summed E-state index contributed by atoms with van der Waals surface area (Å²) in [6.45, 7) is 3.35. The molecule has 0 bridgehead atoms. The summed E-state index contributed by atoms with van der Waals surface area (Å²) in [7, 11) is 2.07. The summed E-state index contributed by atoms with van der Waals surface area (Å²) in [6, 6.07) is -0.0217. The maximum absolute atomic E-state index is 13.2. The molecule has 0 aromatic carbocycles. The molecule has 3 aliphatic rings. The number of nitrogens with one attached hydrogen (secondary N) is 1. The van der Waals surface area contributed by atoms with Crippen molar-refractivity contribution in [3.63, 3.8) is 0 Å².